The molecule has 146 valence electrons. The van der Waals surface area contributed by atoms with Gasteiger partial charge in [-0.25, -0.2) is 9.78 Å². The second-order valence-electron chi connectivity index (χ2n) is 6.98. The number of aliphatic hydroxyl groups excluding tert-OH is 1. The predicted octanol–water partition coefficient (Wildman–Crippen LogP) is 4.11. The van der Waals surface area contributed by atoms with E-state index in [4.69, 9.17) is 4.74 Å². The molecular weight excluding hydrogens is 366 g/mol. The summed E-state index contributed by atoms with van der Waals surface area (Å²) in [6.07, 6.45) is 2.42. The summed E-state index contributed by atoms with van der Waals surface area (Å²) in [5.41, 5.74) is 6.06. The number of nitrogens with zero attached hydrogens (tertiary/aromatic N) is 2. The van der Waals surface area contributed by atoms with Gasteiger partial charge in [-0.15, -0.1) is 0 Å². The summed E-state index contributed by atoms with van der Waals surface area (Å²) in [5.74, 6) is -0.545. The predicted molar refractivity (Wildman–Crippen MR) is 111 cm³/mol. The summed E-state index contributed by atoms with van der Waals surface area (Å²) in [7, 11) is 1.30. The fraction of sp³-hybridized carbons (Fsp3) is 0.174. The van der Waals surface area contributed by atoms with Crippen LogP contribution in [0, 0.1) is 13.8 Å². The Kier molecular flexibility index (Phi) is 4.86. The number of carbonyl (C=O) groups is 1. The number of aliphatic hydroxyl groups is 1. The number of rotatable bonds is 4. The monoisotopic (exact) mass is 387 g/mol. The molecule has 1 atom stereocenters. The topological polar surface area (TPSA) is 88.1 Å². The quantitative estimate of drug-likeness (QED) is 0.515. The molecule has 1 aromatic carbocycles. The Hall–Kier alpha value is -3.51. The lowest BCUT2D eigenvalue weighted by Gasteiger charge is -2.14. The average molecular weight is 387 g/mol. The van der Waals surface area contributed by atoms with Gasteiger partial charge in [0.25, 0.3) is 0 Å². The smallest absolute Gasteiger partial charge is 0.356 e. The number of aromatic nitrogens is 3. The molecule has 6 nitrogen and oxygen atoms in total. The minimum Gasteiger partial charge on any atom is -0.464 e. The number of esters is 1. The van der Waals surface area contributed by atoms with Crippen LogP contribution in [0.15, 0.2) is 54.9 Å². The van der Waals surface area contributed by atoms with Crippen LogP contribution in [0.1, 0.15) is 39.0 Å². The zero-order valence-corrected chi connectivity index (χ0v) is 16.4. The van der Waals surface area contributed by atoms with E-state index < -0.39 is 12.1 Å². The highest BCUT2D eigenvalue weighted by molar-refractivity contribution is 5.92. The Morgan fingerprint density at radius 2 is 1.93 bits per heavy atom. The number of nitrogens with one attached hydrogen (secondary N) is 1. The first kappa shape index (κ1) is 18.8. The van der Waals surface area contributed by atoms with Crippen LogP contribution >= 0.6 is 0 Å². The van der Waals surface area contributed by atoms with Gasteiger partial charge in [0.1, 0.15) is 11.8 Å². The molecule has 0 saturated carbocycles. The summed E-state index contributed by atoms with van der Waals surface area (Å²) in [6, 6.07) is 12.9. The van der Waals surface area contributed by atoms with Crippen molar-refractivity contribution in [1.29, 1.82) is 0 Å². The zero-order valence-electron chi connectivity index (χ0n) is 16.4. The molecule has 0 bridgehead atoms. The molecule has 0 amide bonds. The van der Waals surface area contributed by atoms with Crippen molar-refractivity contribution in [2.45, 2.75) is 20.0 Å². The third kappa shape index (κ3) is 3.39. The van der Waals surface area contributed by atoms with E-state index in [9.17, 15) is 9.90 Å². The van der Waals surface area contributed by atoms with Crippen molar-refractivity contribution in [3.8, 4) is 11.3 Å². The number of fused-ring (bicyclic) bond motifs is 1. The van der Waals surface area contributed by atoms with Gasteiger partial charge in [0.2, 0.25) is 0 Å². The van der Waals surface area contributed by atoms with Crippen molar-refractivity contribution in [2.75, 3.05) is 7.11 Å². The summed E-state index contributed by atoms with van der Waals surface area (Å²) in [6.45, 7) is 4.09. The maximum Gasteiger partial charge on any atom is 0.356 e. The molecule has 6 heteroatoms. The van der Waals surface area contributed by atoms with Gasteiger partial charge in [0.05, 0.1) is 18.5 Å². The van der Waals surface area contributed by atoms with Crippen LogP contribution in [-0.4, -0.2) is 33.1 Å². The Morgan fingerprint density at radius 3 is 2.66 bits per heavy atom. The van der Waals surface area contributed by atoms with Crippen LogP contribution in [0.2, 0.25) is 0 Å². The largest absolute Gasteiger partial charge is 0.464 e. The van der Waals surface area contributed by atoms with Crippen LogP contribution in [0.4, 0.5) is 0 Å². The fourth-order valence-corrected chi connectivity index (χ4v) is 3.47. The molecule has 29 heavy (non-hydrogen) atoms. The van der Waals surface area contributed by atoms with Gasteiger partial charge < -0.3 is 14.8 Å². The SMILES string of the molecule is COC(=O)c1cccc(C(O)c2c(-c3cccnc3)[nH]c3cc(C)c(C)cc23)n1. The highest BCUT2D eigenvalue weighted by atomic mass is 16.5. The van der Waals surface area contributed by atoms with Crippen molar-refractivity contribution in [3.63, 3.8) is 0 Å². The molecule has 1 unspecified atom stereocenters. The zero-order chi connectivity index (χ0) is 20.5. The average Bonchev–Trinajstić information content (AvgIpc) is 3.11. The number of carbonyl (C=O) groups excluding carboxylic acids is 1. The highest BCUT2D eigenvalue weighted by Crippen LogP contribution is 2.37. The standard InChI is InChI=1S/C23H21N3O3/c1-13-10-16-19(11-14(13)2)26-21(15-6-5-9-24-12-15)20(16)22(27)17-7-4-8-18(25-17)23(28)29-3/h4-12,22,26-27H,1-3H3. The number of H-pyrrole nitrogens is 1. The van der Waals surface area contributed by atoms with Crippen LogP contribution in [0.25, 0.3) is 22.2 Å². The number of hydrogen-bond donors (Lipinski definition) is 2. The Bertz CT molecular complexity index is 1200. The summed E-state index contributed by atoms with van der Waals surface area (Å²) >= 11 is 0. The van der Waals surface area contributed by atoms with Crippen LogP contribution in [0.3, 0.4) is 0 Å². The number of pyridine rings is 2. The molecule has 4 rings (SSSR count). The number of aromatic amines is 1. The Labute approximate surface area is 168 Å². The van der Waals surface area contributed by atoms with E-state index in [0.29, 0.717) is 11.3 Å². The molecular formula is C23H21N3O3. The van der Waals surface area contributed by atoms with Crippen LogP contribution in [0.5, 0.6) is 0 Å². The van der Waals surface area contributed by atoms with Crippen LogP contribution < -0.4 is 0 Å². The third-order valence-corrected chi connectivity index (χ3v) is 5.12. The number of hydrogen-bond acceptors (Lipinski definition) is 5. The number of benzene rings is 1. The number of aryl methyl sites for hydroxylation is 2. The first-order chi connectivity index (χ1) is 14.0. The molecule has 0 aliphatic rings. The second-order valence-corrected chi connectivity index (χ2v) is 6.98. The van der Waals surface area contributed by atoms with Gasteiger partial charge in [0.15, 0.2) is 0 Å². The van der Waals surface area contributed by atoms with Crippen molar-refractivity contribution >= 4 is 16.9 Å². The molecule has 3 heterocycles. The molecule has 0 saturated heterocycles. The van der Waals surface area contributed by atoms with Gasteiger partial charge in [-0.05, 0) is 61.4 Å². The third-order valence-electron chi connectivity index (χ3n) is 5.12. The maximum absolute atomic E-state index is 11.9. The Morgan fingerprint density at radius 1 is 1.14 bits per heavy atom. The lowest BCUT2D eigenvalue weighted by molar-refractivity contribution is 0.0593. The van der Waals surface area contributed by atoms with Crippen molar-refractivity contribution < 1.29 is 14.6 Å². The number of methoxy groups -OCH3 is 1. The molecule has 4 aromatic rings. The molecule has 0 aliphatic carbocycles. The second kappa shape index (κ2) is 7.48. The highest BCUT2D eigenvalue weighted by Gasteiger charge is 2.24. The molecule has 0 fully saturated rings. The van der Waals surface area contributed by atoms with Crippen molar-refractivity contribution in [3.05, 3.63) is 82.9 Å². The fourth-order valence-electron chi connectivity index (χ4n) is 3.47. The first-order valence-electron chi connectivity index (χ1n) is 9.26. The lowest BCUT2D eigenvalue weighted by Crippen LogP contribution is -2.09. The van der Waals surface area contributed by atoms with Gasteiger partial charge in [-0.2, -0.15) is 0 Å². The van der Waals surface area contributed by atoms with E-state index in [-0.39, 0.29) is 5.69 Å². The summed E-state index contributed by atoms with van der Waals surface area (Å²) in [5, 5.41) is 12.2. The molecule has 0 spiro atoms. The minimum atomic E-state index is -1.04. The maximum atomic E-state index is 11.9. The van der Waals surface area contributed by atoms with E-state index in [1.165, 1.54) is 7.11 Å². The molecule has 0 radical (unpaired) electrons. The van der Waals surface area contributed by atoms with Crippen molar-refractivity contribution in [1.82, 2.24) is 15.0 Å². The van der Waals surface area contributed by atoms with Gasteiger partial charge in [-0.3, -0.25) is 4.98 Å². The van der Waals surface area contributed by atoms with Crippen molar-refractivity contribution in [2.24, 2.45) is 0 Å². The van der Waals surface area contributed by atoms with Gasteiger partial charge in [0, 0.05) is 34.4 Å². The molecule has 0 aliphatic heterocycles. The first-order valence-corrected chi connectivity index (χ1v) is 9.26. The van der Waals surface area contributed by atoms with Crippen LogP contribution in [-0.2, 0) is 4.74 Å². The van der Waals surface area contributed by atoms with E-state index in [1.54, 1.807) is 30.6 Å². The minimum absolute atomic E-state index is 0.152. The van der Waals surface area contributed by atoms with E-state index >= 15 is 0 Å². The van der Waals surface area contributed by atoms with Gasteiger partial charge in [-0.1, -0.05) is 6.07 Å². The normalized spacial score (nSPS) is 12.1. The molecule has 3 aromatic heterocycles. The molecule has 2 N–H and O–H groups in total. The number of ether oxygens (including phenoxy) is 1. The van der Waals surface area contributed by atoms with E-state index in [1.807, 2.05) is 19.1 Å². The summed E-state index contributed by atoms with van der Waals surface area (Å²) in [4.78, 5) is 23.8. The van der Waals surface area contributed by atoms with Gasteiger partial charge >= 0.3 is 5.97 Å². The van der Waals surface area contributed by atoms with E-state index in [0.717, 1.165) is 33.3 Å². The Balaban J connectivity index is 1.94. The summed E-state index contributed by atoms with van der Waals surface area (Å²) < 4.78 is 4.76. The lowest BCUT2D eigenvalue weighted by atomic mass is 9.97. The van der Waals surface area contributed by atoms with E-state index in [2.05, 4.69) is 34.0 Å².